The number of carbonyl (C=O) groups excluding carboxylic acids is 1. The molecule has 2 rings (SSSR count). The average molecular weight is 251 g/mol. The summed E-state index contributed by atoms with van der Waals surface area (Å²) in [5.74, 6) is -0.0586. The number of aryl methyl sites for hydroxylation is 2. The summed E-state index contributed by atoms with van der Waals surface area (Å²) in [6, 6.07) is 5.72. The van der Waals surface area contributed by atoms with Crippen molar-refractivity contribution in [2.24, 2.45) is 0 Å². The minimum absolute atomic E-state index is 0.0586. The lowest BCUT2D eigenvalue weighted by molar-refractivity contribution is 0.0954. The lowest BCUT2D eigenvalue weighted by Gasteiger charge is -2.07. The molecule has 90 valence electrons. The Morgan fingerprint density at radius 2 is 2.18 bits per heavy atom. The van der Waals surface area contributed by atoms with E-state index in [4.69, 9.17) is 11.6 Å². The number of benzene rings is 1. The molecule has 2 aromatic rings. The van der Waals surface area contributed by atoms with Crippen molar-refractivity contribution in [1.82, 2.24) is 9.88 Å². The Hall–Kier alpha value is -1.48. The monoisotopic (exact) mass is 250 g/mol. The van der Waals surface area contributed by atoms with E-state index >= 15 is 0 Å². The molecule has 0 aliphatic carbocycles. The van der Waals surface area contributed by atoms with Gasteiger partial charge in [0.2, 0.25) is 0 Å². The SMILES string of the molecule is CCn1c(C(=O)NC)c(C)c2cc(Cl)ccc21. The van der Waals surface area contributed by atoms with E-state index in [1.165, 1.54) is 0 Å². The van der Waals surface area contributed by atoms with Crippen molar-refractivity contribution in [2.75, 3.05) is 7.05 Å². The molecule has 0 unspecified atom stereocenters. The summed E-state index contributed by atoms with van der Waals surface area (Å²) in [4.78, 5) is 11.9. The van der Waals surface area contributed by atoms with Crippen molar-refractivity contribution in [1.29, 1.82) is 0 Å². The number of carbonyl (C=O) groups is 1. The highest BCUT2D eigenvalue weighted by Crippen LogP contribution is 2.28. The highest BCUT2D eigenvalue weighted by molar-refractivity contribution is 6.31. The van der Waals surface area contributed by atoms with E-state index in [0.717, 1.165) is 23.0 Å². The second-order valence-electron chi connectivity index (χ2n) is 3.96. The van der Waals surface area contributed by atoms with Crippen LogP contribution in [-0.2, 0) is 6.54 Å². The quantitative estimate of drug-likeness (QED) is 0.874. The number of hydrogen-bond acceptors (Lipinski definition) is 1. The van der Waals surface area contributed by atoms with Gasteiger partial charge in [-0.15, -0.1) is 0 Å². The van der Waals surface area contributed by atoms with Crippen molar-refractivity contribution in [3.8, 4) is 0 Å². The summed E-state index contributed by atoms with van der Waals surface area (Å²) >= 11 is 6.00. The van der Waals surface area contributed by atoms with Gasteiger partial charge in [0.05, 0.1) is 0 Å². The molecule has 1 aromatic heterocycles. The Morgan fingerprint density at radius 1 is 1.47 bits per heavy atom. The molecule has 1 heterocycles. The van der Waals surface area contributed by atoms with E-state index in [2.05, 4.69) is 5.32 Å². The van der Waals surface area contributed by atoms with E-state index in [1.54, 1.807) is 7.05 Å². The van der Waals surface area contributed by atoms with Crippen LogP contribution in [0.2, 0.25) is 5.02 Å². The van der Waals surface area contributed by atoms with E-state index in [0.29, 0.717) is 10.7 Å². The Labute approximate surface area is 105 Å². The maximum atomic E-state index is 11.9. The van der Waals surface area contributed by atoms with Gasteiger partial charge in [-0.05, 0) is 37.6 Å². The van der Waals surface area contributed by atoms with Crippen LogP contribution in [0.25, 0.3) is 10.9 Å². The highest BCUT2D eigenvalue weighted by atomic mass is 35.5. The third-order valence-electron chi connectivity index (χ3n) is 3.04. The molecule has 1 amide bonds. The normalized spacial score (nSPS) is 10.8. The molecule has 0 bridgehead atoms. The van der Waals surface area contributed by atoms with Crippen LogP contribution in [0.3, 0.4) is 0 Å². The molecular weight excluding hydrogens is 236 g/mol. The Kier molecular flexibility index (Phi) is 3.11. The molecule has 0 fully saturated rings. The number of nitrogens with one attached hydrogen (secondary N) is 1. The molecule has 3 nitrogen and oxygen atoms in total. The van der Waals surface area contributed by atoms with Gasteiger partial charge < -0.3 is 9.88 Å². The van der Waals surface area contributed by atoms with Crippen molar-refractivity contribution in [3.05, 3.63) is 34.5 Å². The van der Waals surface area contributed by atoms with Gasteiger partial charge in [-0.2, -0.15) is 0 Å². The van der Waals surface area contributed by atoms with Crippen molar-refractivity contribution in [2.45, 2.75) is 20.4 Å². The number of nitrogens with zero attached hydrogens (tertiary/aromatic N) is 1. The van der Waals surface area contributed by atoms with Gasteiger partial charge in [0.1, 0.15) is 5.69 Å². The number of rotatable bonds is 2. The zero-order chi connectivity index (χ0) is 12.6. The van der Waals surface area contributed by atoms with Gasteiger partial charge in [0.15, 0.2) is 0 Å². The largest absolute Gasteiger partial charge is 0.354 e. The van der Waals surface area contributed by atoms with Gasteiger partial charge in [0.25, 0.3) is 5.91 Å². The third kappa shape index (κ3) is 1.80. The van der Waals surface area contributed by atoms with Crippen LogP contribution in [0.4, 0.5) is 0 Å². The first-order chi connectivity index (χ1) is 8.10. The fourth-order valence-electron chi connectivity index (χ4n) is 2.23. The van der Waals surface area contributed by atoms with Gasteiger partial charge >= 0.3 is 0 Å². The molecule has 0 aliphatic rings. The third-order valence-corrected chi connectivity index (χ3v) is 3.27. The second-order valence-corrected chi connectivity index (χ2v) is 4.39. The van der Waals surface area contributed by atoms with Gasteiger partial charge in [0, 0.05) is 29.5 Å². The van der Waals surface area contributed by atoms with E-state index in [1.807, 2.05) is 36.6 Å². The summed E-state index contributed by atoms with van der Waals surface area (Å²) in [6.45, 7) is 4.74. The number of amides is 1. The zero-order valence-corrected chi connectivity index (χ0v) is 10.9. The fraction of sp³-hybridized carbons (Fsp3) is 0.308. The lowest BCUT2D eigenvalue weighted by atomic mass is 10.1. The first-order valence-corrected chi connectivity index (χ1v) is 5.98. The topological polar surface area (TPSA) is 34.0 Å². The molecular formula is C13H15ClN2O. The summed E-state index contributed by atoms with van der Waals surface area (Å²) in [5.41, 5.74) is 2.74. The van der Waals surface area contributed by atoms with Gasteiger partial charge in [-0.1, -0.05) is 11.6 Å². The van der Waals surface area contributed by atoms with E-state index < -0.39 is 0 Å². The fourth-order valence-corrected chi connectivity index (χ4v) is 2.41. The smallest absolute Gasteiger partial charge is 0.267 e. The highest BCUT2D eigenvalue weighted by Gasteiger charge is 2.18. The Bertz CT molecular complexity index is 587. The Morgan fingerprint density at radius 3 is 2.76 bits per heavy atom. The van der Waals surface area contributed by atoms with Gasteiger partial charge in [-0.3, -0.25) is 4.79 Å². The molecule has 1 aromatic carbocycles. The first kappa shape index (κ1) is 12.0. The summed E-state index contributed by atoms with van der Waals surface area (Å²) in [7, 11) is 1.65. The molecule has 0 saturated heterocycles. The number of hydrogen-bond donors (Lipinski definition) is 1. The summed E-state index contributed by atoms with van der Waals surface area (Å²) in [6.07, 6.45) is 0. The van der Waals surface area contributed by atoms with Crippen molar-refractivity contribution < 1.29 is 4.79 Å². The molecule has 17 heavy (non-hydrogen) atoms. The molecule has 0 atom stereocenters. The molecule has 0 aliphatic heterocycles. The standard InChI is InChI=1S/C13H15ClN2O/c1-4-16-11-6-5-9(14)7-10(11)8(2)12(16)13(17)15-3/h5-7H,4H2,1-3H3,(H,15,17). The predicted octanol–water partition coefficient (Wildman–Crippen LogP) is 2.98. The van der Waals surface area contributed by atoms with Crippen LogP contribution in [0, 0.1) is 6.92 Å². The maximum Gasteiger partial charge on any atom is 0.267 e. The Balaban J connectivity index is 2.83. The zero-order valence-electron chi connectivity index (χ0n) is 10.2. The number of halogens is 1. The second kappa shape index (κ2) is 4.41. The van der Waals surface area contributed by atoms with Crippen LogP contribution >= 0.6 is 11.6 Å². The molecule has 0 saturated carbocycles. The van der Waals surface area contributed by atoms with Crippen LogP contribution < -0.4 is 5.32 Å². The molecule has 4 heteroatoms. The number of aromatic nitrogens is 1. The molecule has 0 spiro atoms. The summed E-state index contributed by atoms with van der Waals surface area (Å²) in [5, 5.41) is 4.41. The van der Waals surface area contributed by atoms with Crippen molar-refractivity contribution >= 4 is 28.4 Å². The molecule has 0 radical (unpaired) electrons. The lowest BCUT2D eigenvalue weighted by Crippen LogP contribution is -2.22. The number of fused-ring (bicyclic) bond motifs is 1. The van der Waals surface area contributed by atoms with E-state index in [-0.39, 0.29) is 5.91 Å². The maximum absolute atomic E-state index is 11.9. The predicted molar refractivity (Wildman–Crippen MR) is 70.7 cm³/mol. The molecule has 1 N–H and O–H groups in total. The summed E-state index contributed by atoms with van der Waals surface area (Å²) < 4.78 is 2.01. The minimum atomic E-state index is -0.0586. The van der Waals surface area contributed by atoms with Crippen molar-refractivity contribution in [3.63, 3.8) is 0 Å². The minimum Gasteiger partial charge on any atom is -0.354 e. The van der Waals surface area contributed by atoms with E-state index in [9.17, 15) is 4.79 Å². The average Bonchev–Trinajstić information content (AvgIpc) is 2.61. The van der Waals surface area contributed by atoms with Gasteiger partial charge in [-0.25, -0.2) is 0 Å². The first-order valence-electron chi connectivity index (χ1n) is 5.60. The van der Waals surface area contributed by atoms with Crippen LogP contribution in [0.15, 0.2) is 18.2 Å². The van der Waals surface area contributed by atoms with Crippen LogP contribution in [-0.4, -0.2) is 17.5 Å². The van der Waals surface area contributed by atoms with Crippen LogP contribution in [0.5, 0.6) is 0 Å². The van der Waals surface area contributed by atoms with Crippen LogP contribution in [0.1, 0.15) is 23.0 Å².